The first-order valence-corrected chi connectivity index (χ1v) is 3.61. The van der Waals surface area contributed by atoms with Crippen LogP contribution in [0, 0.1) is 12.7 Å². The highest BCUT2D eigenvalue weighted by molar-refractivity contribution is 9.10. The Morgan fingerprint density at radius 2 is 2.10 bits per heavy atom. The Hall–Kier alpha value is -0.570. The maximum atomic E-state index is 12.6. The second-order valence-electron chi connectivity index (χ2n) is 2.12. The number of benzene rings is 1. The van der Waals surface area contributed by atoms with Crippen molar-refractivity contribution in [2.45, 2.75) is 6.92 Å². The summed E-state index contributed by atoms with van der Waals surface area (Å²) in [5.74, 6) is -0.360. The molecule has 1 rings (SSSR count). The molecule has 0 radical (unpaired) electrons. The zero-order valence-electron chi connectivity index (χ0n) is 5.49. The fourth-order valence-electron chi connectivity index (χ4n) is 0.662. The summed E-state index contributed by atoms with van der Waals surface area (Å²) in [5.41, 5.74) is 6.32. The topological polar surface area (TPSA) is 26.0 Å². The van der Waals surface area contributed by atoms with E-state index in [9.17, 15) is 4.39 Å². The van der Waals surface area contributed by atoms with Gasteiger partial charge >= 0.3 is 0 Å². The van der Waals surface area contributed by atoms with E-state index < -0.39 is 0 Å². The number of nitrogens with two attached hydrogens (primary N) is 1. The maximum absolute atomic E-state index is 12.6. The molecule has 0 saturated heterocycles. The van der Waals surface area contributed by atoms with Crippen LogP contribution in [-0.2, 0) is 0 Å². The lowest BCUT2D eigenvalue weighted by Gasteiger charge is -1.99. The predicted molar refractivity (Wildman–Crippen MR) is 43.2 cm³/mol. The lowest BCUT2D eigenvalue weighted by molar-refractivity contribution is 0.631. The van der Waals surface area contributed by atoms with Crippen LogP contribution >= 0.6 is 15.9 Å². The molecule has 0 fully saturated rings. The highest BCUT2D eigenvalue weighted by atomic mass is 79.9. The van der Waals surface area contributed by atoms with E-state index in [4.69, 9.17) is 5.73 Å². The third-order valence-electron chi connectivity index (χ3n) is 1.28. The van der Waals surface area contributed by atoms with Gasteiger partial charge in [0.25, 0.3) is 0 Å². The molecule has 0 aromatic heterocycles. The second kappa shape index (κ2) is 2.58. The smallest absolute Gasteiger partial charge is 0.146 e. The minimum absolute atomic E-state index is 0.178. The van der Waals surface area contributed by atoms with Crippen LogP contribution in [0.1, 0.15) is 5.56 Å². The van der Waals surface area contributed by atoms with Gasteiger partial charge in [0.05, 0.1) is 5.69 Å². The van der Waals surface area contributed by atoms with Crippen molar-refractivity contribution in [2.24, 2.45) is 0 Å². The standard InChI is InChI=1S/C7H7BrFN/c1-4-2-6(9)7(10)3-5(4)8/h2-3H,10H2,1H3. The molecule has 1 aromatic rings. The number of aryl methyl sites for hydroxylation is 1. The molecule has 0 aliphatic carbocycles. The van der Waals surface area contributed by atoms with Gasteiger partial charge in [-0.1, -0.05) is 15.9 Å². The van der Waals surface area contributed by atoms with Crippen LogP contribution in [0.5, 0.6) is 0 Å². The van der Waals surface area contributed by atoms with Crippen LogP contribution in [0.3, 0.4) is 0 Å². The molecule has 1 nitrogen and oxygen atoms in total. The van der Waals surface area contributed by atoms with Gasteiger partial charge in [-0.2, -0.15) is 0 Å². The van der Waals surface area contributed by atoms with E-state index in [1.54, 1.807) is 6.07 Å². The highest BCUT2D eigenvalue weighted by Crippen LogP contribution is 2.21. The number of halogens is 2. The van der Waals surface area contributed by atoms with Gasteiger partial charge in [-0.3, -0.25) is 0 Å². The van der Waals surface area contributed by atoms with Crippen molar-refractivity contribution >= 4 is 21.6 Å². The van der Waals surface area contributed by atoms with Gasteiger partial charge in [0, 0.05) is 4.47 Å². The highest BCUT2D eigenvalue weighted by Gasteiger charge is 2.00. The number of hydrogen-bond acceptors (Lipinski definition) is 1. The molecule has 0 atom stereocenters. The average molecular weight is 204 g/mol. The Balaban J connectivity index is 3.28. The molecule has 0 bridgehead atoms. The Labute approximate surface area is 67.2 Å². The minimum atomic E-state index is -0.360. The van der Waals surface area contributed by atoms with Crippen molar-refractivity contribution in [1.29, 1.82) is 0 Å². The van der Waals surface area contributed by atoms with Gasteiger partial charge in [0.1, 0.15) is 5.82 Å². The van der Waals surface area contributed by atoms with Gasteiger partial charge in [-0.15, -0.1) is 0 Å². The Morgan fingerprint density at radius 3 is 2.60 bits per heavy atom. The zero-order chi connectivity index (χ0) is 7.72. The average Bonchev–Trinajstić information content (AvgIpc) is 1.84. The number of nitrogen functional groups attached to an aromatic ring is 1. The largest absolute Gasteiger partial charge is 0.396 e. The molecule has 54 valence electrons. The van der Waals surface area contributed by atoms with Crippen LogP contribution < -0.4 is 5.73 Å². The third kappa shape index (κ3) is 1.29. The predicted octanol–water partition coefficient (Wildman–Crippen LogP) is 2.48. The molecule has 0 aliphatic rings. The second-order valence-corrected chi connectivity index (χ2v) is 2.98. The first kappa shape index (κ1) is 7.54. The Bertz CT molecular complexity index is 210. The van der Waals surface area contributed by atoms with E-state index in [-0.39, 0.29) is 11.5 Å². The fourth-order valence-corrected chi connectivity index (χ4v) is 1.02. The molecule has 0 heterocycles. The van der Waals surface area contributed by atoms with Gasteiger partial charge in [-0.25, -0.2) is 4.39 Å². The molecule has 2 N–H and O–H groups in total. The van der Waals surface area contributed by atoms with Gasteiger partial charge in [0.2, 0.25) is 0 Å². The molecular formula is C7H7BrFN. The van der Waals surface area contributed by atoms with Crippen molar-refractivity contribution in [1.82, 2.24) is 0 Å². The number of hydrogen-bond donors (Lipinski definition) is 1. The van der Waals surface area contributed by atoms with Crippen LogP contribution in [0.2, 0.25) is 0 Å². The lowest BCUT2D eigenvalue weighted by Crippen LogP contribution is -1.91. The molecule has 1 aromatic carbocycles. The molecule has 10 heavy (non-hydrogen) atoms. The van der Waals surface area contributed by atoms with Crippen molar-refractivity contribution in [2.75, 3.05) is 5.73 Å². The van der Waals surface area contributed by atoms with E-state index in [0.29, 0.717) is 0 Å². The summed E-state index contributed by atoms with van der Waals surface area (Å²) in [6.45, 7) is 1.81. The molecule has 0 saturated carbocycles. The first-order valence-electron chi connectivity index (χ1n) is 2.82. The summed E-state index contributed by atoms with van der Waals surface area (Å²) in [4.78, 5) is 0. The van der Waals surface area contributed by atoms with Crippen LogP contribution in [-0.4, -0.2) is 0 Å². The first-order chi connectivity index (χ1) is 4.61. The van der Waals surface area contributed by atoms with E-state index in [0.717, 1.165) is 10.0 Å². The van der Waals surface area contributed by atoms with E-state index in [2.05, 4.69) is 15.9 Å². The van der Waals surface area contributed by atoms with Crippen molar-refractivity contribution in [3.8, 4) is 0 Å². The molecule has 0 amide bonds. The minimum Gasteiger partial charge on any atom is -0.396 e. The quantitative estimate of drug-likeness (QED) is 0.645. The normalized spacial score (nSPS) is 9.90. The third-order valence-corrected chi connectivity index (χ3v) is 2.13. The summed E-state index contributed by atoms with van der Waals surface area (Å²) in [5, 5.41) is 0. The zero-order valence-corrected chi connectivity index (χ0v) is 7.07. The Morgan fingerprint density at radius 1 is 1.50 bits per heavy atom. The molecule has 3 heteroatoms. The SMILES string of the molecule is Cc1cc(F)c(N)cc1Br. The van der Waals surface area contributed by atoms with Crippen molar-refractivity contribution in [3.05, 3.63) is 28.0 Å². The molecular weight excluding hydrogens is 197 g/mol. The summed E-state index contributed by atoms with van der Waals surface area (Å²) < 4.78 is 13.5. The summed E-state index contributed by atoms with van der Waals surface area (Å²) in [6.07, 6.45) is 0. The van der Waals surface area contributed by atoms with Gasteiger partial charge < -0.3 is 5.73 Å². The summed E-state index contributed by atoms with van der Waals surface area (Å²) in [7, 11) is 0. The van der Waals surface area contributed by atoms with Gasteiger partial charge in [-0.05, 0) is 24.6 Å². The monoisotopic (exact) mass is 203 g/mol. The van der Waals surface area contributed by atoms with Gasteiger partial charge in [0.15, 0.2) is 0 Å². The van der Waals surface area contributed by atoms with Crippen molar-refractivity contribution < 1.29 is 4.39 Å². The molecule has 0 unspecified atom stereocenters. The lowest BCUT2D eigenvalue weighted by atomic mass is 10.2. The van der Waals surface area contributed by atoms with E-state index >= 15 is 0 Å². The summed E-state index contributed by atoms with van der Waals surface area (Å²) in [6, 6.07) is 2.96. The van der Waals surface area contributed by atoms with Crippen molar-refractivity contribution in [3.63, 3.8) is 0 Å². The van der Waals surface area contributed by atoms with E-state index in [1.165, 1.54) is 6.07 Å². The fraction of sp³-hybridized carbons (Fsp3) is 0.143. The maximum Gasteiger partial charge on any atom is 0.146 e. The summed E-state index contributed by atoms with van der Waals surface area (Å²) >= 11 is 3.23. The number of rotatable bonds is 0. The van der Waals surface area contributed by atoms with Crippen LogP contribution in [0.4, 0.5) is 10.1 Å². The van der Waals surface area contributed by atoms with E-state index in [1.807, 2.05) is 6.92 Å². The van der Waals surface area contributed by atoms with Crippen LogP contribution in [0.15, 0.2) is 16.6 Å². The Kier molecular flexibility index (Phi) is 1.94. The molecule has 0 aliphatic heterocycles. The molecule has 0 spiro atoms. The number of anilines is 1. The van der Waals surface area contributed by atoms with Crippen LogP contribution in [0.25, 0.3) is 0 Å².